The molecule has 1 amide bonds. The van der Waals surface area contributed by atoms with Gasteiger partial charge in [-0.25, -0.2) is 4.68 Å². The van der Waals surface area contributed by atoms with Crippen LogP contribution in [0.3, 0.4) is 0 Å². The van der Waals surface area contributed by atoms with Gasteiger partial charge in [-0.15, -0.1) is 0 Å². The molecule has 2 heterocycles. The smallest absolute Gasteiger partial charge is 0.255 e. The van der Waals surface area contributed by atoms with Crippen molar-refractivity contribution in [3.63, 3.8) is 0 Å². The van der Waals surface area contributed by atoms with Crippen LogP contribution in [0.15, 0.2) is 79.3 Å². The van der Waals surface area contributed by atoms with Crippen LogP contribution >= 0.6 is 0 Å². The minimum atomic E-state index is -0.203. The molecule has 0 atom stereocenters. The molecular formula is C25H24N4O2. The fourth-order valence-corrected chi connectivity index (χ4v) is 3.35. The van der Waals surface area contributed by atoms with E-state index in [1.807, 2.05) is 68.4 Å². The Morgan fingerprint density at radius 1 is 1.06 bits per heavy atom. The molecule has 0 spiro atoms. The summed E-state index contributed by atoms with van der Waals surface area (Å²) < 4.78 is 7.53. The Morgan fingerprint density at radius 2 is 1.90 bits per heavy atom. The summed E-state index contributed by atoms with van der Waals surface area (Å²) >= 11 is 0. The third-order valence-corrected chi connectivity index (χ3v) is 4.89. The van der Waals surface area contributed by atoms with Crippen molar-refractivity contribution in [2.75, 3.05) is 13.2 Å². The first-order valence-corrected chi connectivity index (χ1v) is 10.2. The van der Waals surface area contributed by atoms with Crippen molar-refractivity contribution in [1.29, 1.82) is 0 Å². The summed E-state index contributed by atoms with van der Waals surface area (Å²) in [6.45, 7) is 4.82. The van der Waals surface area contributed by atoms with E-state index in [4.69, 9.17) is 4.74 Å². The van der Waals surface area contributed by atoms with Crippen molar-refractivity contribution in [3.05, 3.63) is 95.9 Å². The number of aromatic nitrogens is 3. The molecule has 4 rings (SSSR count). The summed E-state index contributed by atoms with van der Waals surface area (Å²) in [5.41, 5.74) is 5.01. The predicted molar refractivity (Wildman–Crippen MR) is 121 cm³/mol. The van der Waals surface area contributed by atoms with Gasteiger partial charge < -0.3 is 10.1 Å². The summed E-state index contributed by atoms with van der Waals surface area (Å²) in [5.74, 6) is 0.623. The van der Waals surface area contributed by atoms with Gasteiger partial charge in [0.25, 0.3) is 5.91 Å². The van der Waals surface area contributed by atoms with Crippen LogP contribution in [0.1, 0.15) is 21.5 Å². The maximum absolute atomic E-state index is 13.0. The monoisotopic (exact) mass is 412 g/mol. The molecule has 0 radical (unpaired) electrons. The molecule has 31 heavy (non-hydrogen) atoms. The lowest BCUT2D eigenvalue weighted by atomic mass is 10.1. The summed E-state index contributed by atoms with van der Waals surface area (Å²) in [7, 11) is 0. The van der Waals surface area contributed by atoms with Crippen LogP contribution in [0.25, 0.3) is 16.9 Å². The number of aryl methyl sites for hydroxylation is 2. The second kappa shape index (κ2) is 9.26. The van der Waals surface area contributed by atoms with Crippen LogP contribution in [-0.4, -0.2) is 33.8 Å². The number of carbonyl (C=O) groups is 1. The zero-order valence-corrected chi connectivity index (χ0v) is 17.6. The van der Waals surface area contributed by atoms with Gasteiger partial charge in [-0.05, 0) is 49.7 Å². The number of nitrogens with one attached hydrogen (secondary N) is 1. The van der Waals surface area contributed by atoms with E-state index in [9.17, 15) is 4.79 Å². The van der Waals surface area contributed by atoms with E-state index >= 15 is 0 Å². The van der Waals surface area contributed by atoms with E-state index in [2.05, 4.69) is 21.5 Å². The lowest BCUT2D eigenvalue weighted by Crippen LogP contribution is -2.28. The summed E-state index contributed by atoms with van der Waals surface area (Å²) in [6.07, 6.45) is 5.15. The largest absolute Gasteiger partial charge is 0.491 e. The zero-order chi connectivity index (χ0) is 21.6. The van der Waals surface area contributed by atoms with E-state index in [1.165, 1.54) is 5.56 Å². The van der Waals surface area contributed by atoms with Crippen LogP contribution in [0.5, 0.6) is 5.75 Å². The number of amides is 1. The molecule has 0 bridgehead atoms. The number of hydrogen-bond acceptors (Lipinski definition) is 4. The molecule has 0 aliphatic heterocycles. The third kappa shape index (κ3) is 4.80. The Labute approximate surface area is 181 Å². The van der Waals surface area contributed by atoms with Crippen molar-refractivity contribution >= 4 is 5.91 Å². The van der Waals surface area contributed by atoms with Crippen molar-refractivity contribution in [1.82, 2.24) is 20.1 Å². The fourth-order valence-electron chi connectivity index (χ4n) is 3.35. The van der Waals surface area contributed by atoms with E-state index in [-0.39, 0.29) is 5.91 Å². The number of pyridine rings is 1. The quantitative estimate of drug-likeness (QED) is 0.458. The Balaban J connectivity index is 1.49. The fraction of sp³-hybridized carbons (Fsp3) is 0.160. The molecule has 2 aromatic heterocycles. The molecule has 0 saturated heterocycles. The molecule has 0 saturated carbocycles. The Bertz CT molecular complexity index is 1170. The molecule has 0 unspecified atom stereocenters. The van der Waals surface area contributed by atoms with Gasteiger partial charge in [0.2, 0.25) is 0 Å². The summed E-state index contributed by atoms with van der Waals surface area (Å²) in [5, 5.41) is 7.59. The Morgan fingerprint density at radius 3 is 2.65 bits per heavy atom. The van der Waals surface area contributed by atoms with Gasteiger partial charge in [0.15, 0.2) is 0 Å². The number of hydrogen-bond donors (Lipinski definition) is 1. The molecule has 2 aromatic carbocycles. The van der Waals surface area contributed by atoms with Crippen molar-refractivity contribution < 1.29 is 9.53 Å². The summed E-state index contributed by atoms with van der Waals surface area (Å²) in [4.78, 5) is 17.1. The second-order valence-electron chi connectivity index (χ2n) is 7.29. The van der Waals surface area contributed by atoms with Gasteiger partial charge in [-0.1, -0.05) is 35.9 Å². The molecule has 0 aliphatic carbocycles. The maximum atomic E-state index is 13.0. The summed E-state index contributed by atoms with van der Waals surface area (Å²) in [6, 6.07) is 19.5. The normalized spacial score (nSPS) is 10.6. The van der Waals surface area contributed by atoms with Crippen LogP contribution in [0.2, 0.25) is 0 Å². The standard InChI is InChI=1S/C25H24N4O2/c1-18-10-11-23(19(2)15-18)31-14-13-27-25(30)22-17-29(21-8-4-3-5-9-21)28-24(22)20-7-6-12-26-16-20/h3-12,15-17H,13-14H2,1-2H3,(H,27,30). The number of rotatable bonds is 7. The highest BCUT2D eigenvalue weighted by molar-refractivity contribution is 5.99. The van der Waals surface area contributed by atoms with Crippen LogP contribution in [0, 0.1) is 13.8 Å². The maximum Gasteiger partial charge on any atom is 0.255 e. The van der Waals surface area contributed by atoms with Crippen LogP contribution < -0.4 is 10.1 Å². The highest BCUT2D eigenvalue weighted by Gasteiger charge is 2.18. The van der Waals surface area contributed by atoms with E-state index in [0.29, 0.717) is 24.4 Å². The molecule has 0 aliphatic rings. The molecule has 1 N–H and O–H groups in total. The average Bonchev–Trinajstić information content (AvgIpc) is 3.25. The number of ether oxygens (including phenoxy) is 1. The minimum Gasteiger partial charge on any atom is -0.491 e. The topological polar surface area (TPSA) is 69.0 Å². The predicted octanol–water partition coefficient (Wildman–Crippen LogP) is 4.36. The molecule has 6 nitrogen and oxygen atoms in total. The molecule has 0 fully saturated rings. The average molecular weight is 412 g/mol. The van der Waals surface area contributed by atoms with E-state index in [1.54, 1.807) is 23.3 Å². The van der Waals surface area contributed by atoms with Gasteiger partial charge in [0, 0.05) is 24.2 Å². The lowest BCUT2D eigenvalue weighted by molar-refractivity contribution is 0.0947. The molecule has 4 aromatic rings. The highest BCUT2D eigenvalue weighted by Crippen LogP contribution is 2.23. The first-order valence-electron chi connectivity index (χ1n) is 10.2. The minimum absolute atomic E-state index is 0.203. The van der Waals surface area contributed by atoms with Gasteiger partial charge >= 0.3 is 0 Å². The number of nitrogens with zero attached hydrogens (tertiary/aromatic N) is 3. The third-order valence-electron chi connectivity index (χ3n) is 4.89. The zero-order valence-electron chi connectivity index (χ0n) is 17.6. The lowest BCUT2D eigenvalue weighted by Gasteiger charge is -2.10. The van der Waals surface area contributed by atoms with E-state index < -0.39 is 0 Å². The Hall–Kier alpha value is -3.93. The second-order valence-corrected chi connectivity index (χ2v) is 7.29. The van der Waals surface area contributed by atoms with Crippen LogP contribution in [0.4, 0.5) is 0 Å². The molecule has 156 valence electrons. The van der Waals surface area contributed by atoms with Gasteiger partial charge in [-0.2, -0.15) is 5.10 Å². The van der Waals surface area contributed by atoms with Crippen LogP contribution in [-0.2, 0) is 0 Å². The first-order chi connectivity index (χ1) is 15.1. The highest BCUT2D eigenvalue weighted by atomic mass is 16.5. The molecule has 6 heteroatoms. The first kappa shape index (κ1) is 20.3. The number of para-hydroxylation sites is 1. The Kier molecular flexibility index (Phi) is 6.08. The SMILES string of the molecule is Cc1ccc(OCCNC(=O)c2cn(-c3ccccc3)nc2-c2cccnc2)c(C)c1. The van der Waals surface area contributed by atoms with Crippen molar-refractivity contribution in [3.8, 4) is 22.7 Å². The van der Waals surface area contributed by atoms with Crippen molar-refractivity contribution in [2.45, 2.75) is 13.8 Å². The van der Waals surface area contributed by atoms with Crippen molar-refractivity contribution in [2.24, 2.45) is 0 Å². The van der Waals surface area contributed by atoms with E-state index in [0.717, 1.165) is 22.6 Å². The van der Waals surface area contributed by atoms with Gasteiger partial charge in [-0.3, -0.25) is 9.78 Å². The molecular weight excluding hydrogens is 388 g/mol. The number of carbonyl (C=O) groups excluding carboxylic acids is 1. The van der Waals surface area contributed by atoms with Gasteiger partial charge in [0.1, 0.15) is 18.1 Å². The number of benzene rings is 2. The van der Waals surface area contributed by atoms with Gasteiger partial charge in [0.05, 0.1) is 17.8 Å².